The van der Waals surface area contributed by atoms with E-state index in [0.717, 1.165) is 6.42 Å². The van der Waals surface area contributed by atoms with Crippen molar-refractivity contribution in [2.24, 2.45) is 11.1 Å². The molecular formula is C10H19NO. The lowest BCUT2D eigenvalue weighted by atomic mass is 9.71. The maximum absolute atomic E-state index is 9.33. The van der Waals surface area contributed by atoms with Crippen molar-refractivity contribution < 1.29 is 5.11 Å². The molecule has 1 spiro atoms. The molecule has 1 atom stereocenters. The van der Waals surface area contributed by atoms with Crippen molar-refractivity contribution >= 4 is 0 Å². The molecule has 0 aromatic rings. The van der Waals surface area contributed by atoms with E-state index >= 15 is 0 Å². The Morgan fingerprint density at radius 1 is 1.00 bits per heavy atom. The van der Waals surface area contributed by atoms with Crippen LogP contribution in [0.3, 0.4) is 0 Å². The Hall–Kier alpha value is -0.0800. The molecule has 12 heavy (non-hydrogen) atoms. The highest BCUT2D eigenvalue weighted by molar-refractivity contribution is 5.08. The molecular weight excluding hydrogens is 150 g/mol. The van der Waals surface area contributed by atoms with Gasteiger partial charge in [-0.2, -0.15) is 0 Å². The summed E-state index contributed by atoms with van der Waals surface area (Å²) in [5, 5.41) is 9.33. The zero-order valence-corrected chi connectivity index (χ0v) is 7.68. The van der Waals surface area contributed by atoms with Gasteiger partial charge in [-0.25, -0.2) is 0 Å². The van der Waals surface area contributed by atoms with Gasteiger partial charge < -0.3 is 10.8 Å². The van der Waals surface area contributed by atoms with E-state index in [1.807, 2.05) is 0 Å². The van der Waals surface area contributed by atoms with Crippen LogP contribution < -0.4 is 5.73 Å². The lowest BCUT2D eigenvalue weighted by Crippen LogP contribution is -2.53. The molecule has 1 unspecified atom stereocenters. The average molecular weight is 169 g/mol. The largest absolute Gasteiger partial charge is 0.394 e. The predicted molar refractivity (Wildman–Crippen MR) is 48.8 cm³/mol. The molecule has 0 heterocycles. The molecule has 0 saturated heterocycles. The van der Waals surface area contributed by atoms with Gasteiger partial charge >= 0.3 is 0 Å². The van der Waals surface area contributed by atoms with Crippen LogP contribution in [0.5, 0.6) is 0 Å². The van der Waals surface area contributed by atoms with Gasteiger partial charge in [-0.15, -0.1) is 0 Å². The van der Waals surface area contributed by atoms with Crippen LogP contribution in [0.15, 0.2) is 0 Å². The highest BCUT2D eigenvalue weighted by Gasteiger charge is 2.52. The van der Waals surface area contributed by atoms with E-state index in [4.69, 9.17) is 5.73 Å². The van der Waals surface area contributed by atoms with Crippen LogP contribution in [0.1, 0.15) is 44.9 Å². The quantitative estimate of drug-likeness (QED) is 0.623. The van der Waals surface area contributed by atoms with E-state index < -0.39 is 0 Å². The van der Waals surface area contributed by atoms with E-state index in [-0.39, 0.29) is 12.1 Å². The Morgan fingerprint density at radius 3 is 2.17 bits per heavy atom. The fraction of sp³-hybridized carbons (Fsp3) is 1.00. The zero-order chi connectivity index (χ0) is 8.66. The van der Waals surface area contributed by atoms with Crippen molar-refractivity contribution in [3.63, 3.8) is 0 Å². The molecule has 2 heteroatoms. The summed E-state index contributed by atoms with van der Waals surface area (Å²) in [6.07, 6.45) is 8.65. The van der Waals surface area contributed by atoms with Gasteiger partial charge in [0.1, 0.15) is 0 Å². The van der Waals surface area contributed by atoms with Gasteiger partial charge in [-0.3, -0.25) is 0 Å². The van der Waals surface area contributed by atoms with Crippen LogP contribution in [0, 0.1) is 5.41 Å². The minimum Gasteiger partial charge on any atom is -0.394 e. The second-order valence-corrected chi connectivity index (χ2v) is 4.66. The fourth-order valence-electron chi connectivity index (χ4n) is 3.30. The van der Waals surface area contributed by atoms with E-state index in [1.165, 1.54) is 38.5 Å². The monoisotopic (exact) mass is 169 g/mol. The summed E-state index contributed by atoms with van der Waals surface area (Å²) in [6, 6.07) is 0. The SMILES string of the molecule is NC1(CO)CCCC12CCCC2. The minimum absolute atomic E-state index is 0.188. The van der Waals surface area contributed by atoms with Crippen LogP contribution in [-0.2, 0) is 0 Å². The maximum atomic E-state index is 9.33. The minimum atomic E-state index is -0.233. The molecule has 2 fully saturated rings. The Bertz CT molecular complexity index is 169. The summed E-state index contributed by atoms with van der Waals surface area (Å²) in [5.41, 5.74) is 6.34. The van der Waals surface area contributed by atoms with Crippen molar-refractivity contribution in [1.82, 2.24) is 0 Å². The van der Waals surface area contributed by atoms with Gasteiger partial charge in [0.15, 0.2) is 0 Å². The molecule has 0 aliphatic heterocycles. The van der Waals surface area contributed by atoms with E-state index in [9.17, 15) is 5.11 Å². The molecule has 0 amide bonds. The van der Waals surface area contributed by atoms with Crippen molar-refractivity contribution in [2.45, 2.75) is 50.5 Å². The van der Waals surface area contributed by atoms with Gasteiger partial charge in [-0.1, -0.05) is 19.3 Å². The highest BCUT2D eigenvalue weighted by Crippen LogP contribution is 2.54. The first kappa shape index (κ1) is 8.52. The highest BCUT2D eigenvalue weighted by atomic mass is 16.3. The molecule has 3 N–H and O–H groups in total. The smallest absolute Gasteiger partial charge is 0.0616 e. The van der Waals surface area contributed by atoms with E-state index in [0.29, 0.717) is 5.41 Å². The van der Waals surface area contributed by atoms with Gasteiger partial charge in [0, 0.05) is 5.54 Å². The summed E-state index contributed by atoms with van der Waals surface area (Å²) in [7, 11) is 0. The second kappa shape index (κ2) is 2.71. The molecule has 2 nitrogen and oxygen atoms in total. The zero-order valence-electron chi connectivity index (χ0n) is 7.68. The normalized spacial score (nSPS) is 39.5. The summed E-state index contributed by atoms with van der Waals surface area (Å²) in [5.74, 6) is 0. The predicted octanol–water partition coefficient (Wildman–Crippen LogP) is 1.42. The van der Waals surface area contributed by atoms with Gasteiger partial charge in [0.25, 0.3) is 0 Å². The third kappa shape index (κ3) is 0.944. The molecule has 2 aliphatic carbocycles. The second-order valence-electron chi connectivity index (χ2n) is 4.66. The first-order valence-corrected chi connectivity index (χ1v) is 5.12. The fourth-order valence-corrected chi connectivity index (χ4v) is 3.30. The third-order valence-electron chi connectivity index (χ3n) is 4.18. The van der Waals surface area contributed by atoms with Gasteiger partial charge in [0.2, 0.25) is 0 Å². The van der Waals surface area contributed by atoms with E-state index in [2.05, 4.69) is 0 Å². The van der Waals surface area contributed by atoms with Crippen LogP contribution in [0.4, 0.5) is 0 Å². The Balaban J connectivity index is 2.22. The number of hydrogen-bond donors (Lipinski definition) is 2. The van der Waals surface area contributed by atoms with Crippen LogP contribution >= 0.6 is 0 Å². The Morgan fingerprint density at radius 2 is 1.58 bits per heavy atom. The Labute approximate surface area is 74.1 Å². The topological polar surface area (TPSA) is 46.2 Å². The lowest BCUT2D eigenvalue weighted by Gasteiger charge is -2.39. The van der Waals surface area contributed by atoms with Crippen LogP contribution in [0.25, 0.3) is 0 Å². The maximum Gasteiger partial charge on any atom is 0.0616 e. The number of rotatable bonds is 1. The number of aliphatic hydroxyl groups excluding tert-OH is 1. The number of aliphatic hydroxyl groups is 1. The standard InChI is InChI=1S/C10H19NO/c11-10(8-12)7-3-6-9(10)4-1-2-5-9/h12H,1-8,11H2. The number of nitrogens with two attached hydrogens (primary N) is 1. The molecule has 2 rings (SSSR count). The lowest BCUT2D eigenvalue weighted by molar-refractivity contribution is 0.0874. The molecule has 2 aliphatic rings. The van der Waals surface area contributed by atoms with Crippen LogP contribution in [-0.4, -0.2) is 17.3 Å². The molecule has 70 valence electrons. The average Bonchev–Trinajstić information content (AvgIpc) is 2.64. The van der Waals surface area contributed by atoms with E-state index in [1.54, 1.807) is 0 Å². The molecule has 0 aromatic carbocycles. The first-order valence-electron chi connectivity index (χ1n) is 5.12. The molecule has 0 radical (unpaired) electrons. The third-order valence-corrected chi connectivity index (χ3v) is 4.18. The van der Waals surface area contributed by atoms with Gasteiger partial charge in [-0.05, 0) is 31.1 Å². The molecule has 0 aromatic heterocycles. The summed E-state index contributed by atoms with van der Waals surface area (Å²) in [4.78, 5) is 0. The van der Waals surface area contributed by atoms with Crippen molar-refractivity contribution in [1.29, 1.82) is 0 Å². The summed E-state index contributed by atoms with van der Waals surface area (Å²) >= 11 is 0. The van der Waals surface area contributed by atoms with Crippen LogP contribution in [0.2, 0.25) is 0 Å². The molecule has 0 bridgehead atoms. The summed E-state index contributed by atoms with van der Waals surface area (Å²) < 4.78 is 0. The molecule has 2 saturated carbocycles. The first-order chi connectivity index (χ1) is 5.72. The summed E-state index contributed by atoms with van der Waals surface area (Å²) in [6.45, 7) is 0.188. The van der Waals surface area contributed by atoms with Crippen molar-refractivity contribution in [3.8, 4) is 0 Å². The Kier molecular flexibility index (Phi) is 1.92. The van der Waals surface area contributed by atoms with Gasteiger partial charge in [0.05, 0.1) is 6.61 Å². The van der Waals surface area contributed by atoms with Crippen molar-refractivity contribution in [3.05, 3.63) is 0 Å². The van der Waals surface area contributed by atoms with Crippen molar-refractivity contribution in [2.75, 3.05) is 6.61 Å². The number of hydrogen-bond acceptors (Lipinski definition) is 2.